The summed E-state index contributed by atoms with van der Waals surface area (Å²) in [7, 11) is 0. The first-order valence-corrected chi connectivity index (χ1v) is 9.82. The number of hydrogen-bond acceptors (Lipinski definition) is 2. The molecule has 2 aliphatic rings. The van der Waals surface area contributed by atoms with Gasteiger partial charge in [0, 0.05) is 11.3 Å². The zero-order chi connectivity index (χ0) is 20.2. The fraction of sp³-hybridized carbons (Fsp3) is 0.391. The molecule has 4 rings (SSSR count). The van der Waals surface area contributed by atoms with Gasteiger partial charge in [-0.3, -0.25) is 9.59 Å². The van der Waals surface area contributed by atoms with Crippen molar-refractivity contribution in [3.8, 4) is 0 Å². The largest absolute Gasteiger partial charge is 0.325 e. The minimum Gasteiger partial charge on any atom is -0.325 e. The summed E-state index contributed by atoms with van der Waals surface area (Å²) in [6, 6.07) is 8.98. The van der Waals surface area contributed by atoms with E-state index in [9.17, 15) is 14.0 Å². The van der Waals surface area contributed by atoms with Crippen LogP contribution in [-0.4, -0.2) is 11.8 Å². The lowest BCUT2D eigenvalue weighted by Crippen LogP contribution is -2.21. The van der Waals surface area contributed by atoms with E-state index < -0.39 is 0 Å². The number of benzene rings is 2. The van der Waals surface area contributed by atoms with Crippen LogP contribution in [0.15, 0.2) is 30.3 Å². The highest BCUT2D eigenvalue weighted by molar-refractivity contribution is 6.04. The Labute approximate surface area is 164 Å². The molecule has 28 heavy (non-hydrogen) atoms. The topological polar surface area (TPSA) is 58.2 Å². The number of aryl methyl sites for hydroxylation is 1. The Kier molecular flexibility index (Phi) is 4.48. The summed E-state index contributed by atoms with van der Waals surface area (Å²) in [6.45, 7) is 7.95. The van der Waals surface area contributed by atoms with Crippen LogP contribution in [0.1, 0.15) is 54.9 Å². The van der Waals surface area contributed by atoms with Gasteiger partial charge < -0.3 is 10.6 Å². The SMILES string of the molecule is Cc1cccc2c1[C@@H](C(C)Cc1c(F)ccc3c1NC(=O)[C@@H]3C(C)C)C(=O)N2. The fourth-order valence-electron chi connectivity index (χ4n) is 4.78. The molecule has 0 saturated heterocycles. The molecular weight excluding hydrogens is 355 g/mol. The molecule has 5 heteroatoms. The van der Waals surface area contributed by atoms with Crippen LogP contribution in [0.4, 0.5) is 15.8 Å². The zero-order valence-electron chi connectivity index (χ0n) is 16.6. The van der Waals surface area contributed by atoms with Crippen LogP contribution in [0.2, 0.25) is 0 Å². The van der Waals surface area contributed by atoms with Gasteiger partial charge in [0.1, 0.15) is 5.82 Å². The molecule has 2 amide bonds. The second-order valence-electron chi connectivity index (χ2n) is 8.39. The number of fused-ring (bicyclic) bond motifs is 2. The van der Waals surface area contributed by atoms with Crippen LogP contribution in [-0.2, 0) is 16.0 Å². The Morgan fingerprint density at radius 3 is 2.43 bits per heavy atom. The van der Waals surface area contributed by atoms with Gasteiger partial charge in [-0.05, 0) is 54.0 Å². The predicted molar refractivity (Wildman–Crippen MR) is 108 cm³/mol. The van der Waals surface area contributed by atoms with Crippen molar-refractivity contribution in [3.63, 3.8) is 0 Å². The number of nitrogens with one attached hydrogen (secondary N) is 2. The molecule has 2 aromatic rings. The average Bonchev–Trinajstić information content (AvgIpc) is 3.14. The maximum atomic E-state index is 14.8. The van der Waals surface area contributed by atoms with Crippen molar-refractivity contribution < 1.29 is 14.0 Å². The monoisotopic (exact) mass is 380 g/mol. The van der Waals surface area contributed by atoms with Gasteiger partial charge in [-0.25, -0.2) is 4.39 Å². The second kappa shape index (κ2) is 6.73. The number of anilines is 2. The molecule has 0 saturated carbocycles. The standard InChI is InChI=1S/C23H25FN2O2/c1-11(2)18-14-8-9-16(24)15(21(14)26-22(18)27)10-13(4)20-19-12(3)6-5-7-17(19)25-23(20)28/h5-9,11,13,18,20H,10H2,1-4H3,(H,25,28)(H,26,27)/t13?,18-,20-/m1/s1. The first kappa shape index (κ1) is 18.7. The van der Waals surface area contributed by atoms with Crippen LogP contribution in [0.3, 0.4) is 0 Å². The Bertz CT molecular complexity index is 983. The Balaban J connectivity index is 1.70. The third kappa shape index (κ3) is 2.81. The van der Waals surface area contributed by atoms with E-state index in [4.69, 9.17) is 0 Å². The highest BCUT2D eigenvalue weighted by Crippen LogP contribution is 2.44. The van der Waals surface area contributed by atoms with Crippen molar-refractivity contribution in [2.45, 2.75) is 46.0 Å². The molecule has 0 fully saturated rings. The van der Waals surface area contributed by atoms with Crippen molar-refractivity contribution in [2.24, 2.45) is 11.8 Å². The van der Waals surface area contributed by atoms with Gasteiger partial charge in [-0.2, -0.15) is 0 Å². The van der Waals surface area contributed by atoms with E-state index in [0.29, 0.717) is 17.7 Å². The third-order valence-electron chi connectivity index (χ3n) is 6.09. The quantitative estimate of drug-likeness (QED) is 0.805. The van der Waals surface area contributed by atoms with E-state index >= 15 is 0 Å². The molecular formula is C23H25FN2O2. The second-order valence-corrected chi connectivity index (χ2v) is 8.39. The third-order valence-corrected chi connectivity index (χ3v) is 6.09. The molecule has 2 aliphatic heterocycles. The van der Waals surface area contributed by atoms with Crippen LogP contribution >= 0.6 is 0 Å². The van der Waals surface area contributed by atoms with Gasteiger partial charge in [0.2, 0.25) is 11.8 Å². The van der Waals surface area contributed by atoms with Crippen molar-refractivity contribution in [3.05, 3.63) is 58.4 Å². The molecule has 0 spiro atoms. The van der Waals surface area contributed by atoms with E-state index in [-0.39, 0.29) is 41.3 Å². The van der Waals surface area contributed by atoms with Gasteiger partial charge in [-0.15, -0.1) is 0 Å². The molecule has 1 unspecified atom stereocenters. The highest BCUT2D eigenvalue weighted by Gasteiger charge is 2.39. The minimum absolute atomic E-state index is 0.0473. The fourth-order valence-corrected chi connectivity index (χ4v) is 4.78. The van der Waals surface area contributed by atoms with Crippen molar-refractivity contribution >= 4 is 23.2 Å². The van der Waals surface area contributed by atoms with Gasteiger partial charge in [0.15, 0.2) is 0 Å². The summed E-state index contributed by atoms with van der Waals surface area (Å²) >= 11 is 0. The number of carbonyl (C=O) groups is 2. The molecule has 2 N–H and O–H groups in total. The van der Waals surface area contributed by atoms with E-state index in [0.717, 1.165) is 22.4 Å². The number of halogens is 1. The molecule has 146 valence electrons. The van der Waals surface area contributed by atoms with E-state index in [1.54, 1.807) is 6.07 Å². The Hall–Kier alpha value is -2.69. The van der Waals surface area contributed by atoms with Gasteiger partial charge in [0.05, 0.1) is 17.5 Å². The molecule has 2 aromatic carbocycles. The zero-order valence-corrected chi connectivity index (χ0v) is 16.6. The summed E-state index contributed by atoms with van der Waals surface area (Å²) in [5, 5.41) is 5.85. The lowest BCUT2D eigenvalue weighted by molar-refractivity contribution is -0.118. The Morgan fingerprint density at radius 1 is 1.00 bits per heavy atom. The molecule has 0 bridgehead atoms. The predicted octanol–water partition coefficient (Wildman–Crippen LogP) is 4.74. The van der Waals surface area contributed by atoms with Crippen LogP contribution in [0, 0.1) is 24.6 Å². The summed E-state index contributed by atoms with van der Waals surface area (Å²) in [5.41, 5.74) is 4.84. The summed E-state index contributed by atoms with van der Waals surface area (Å²) in [4.78, 5) is 25.1. The van der Waals surface area contributed by atoms with Gasteiger partial charge in [0.25, 0.3) is 0 Å². The molecule has 2 heterocycles. The summed E-state index contributed by atoms with van der Waals surface area (Å²) in [5.74, 6) is -1.03. The summed E-state index contributed by atoms with van der Waals surface area (Å²) < 4.78 is 14.8. The summed E-state index contributed by atoms with van der Waals surface area (Å²) in [6.07, 6.45) is 0.381. The maximum absolute atomic E-state index is 14.8. The first-order valence-electron chi connectivity index (χ1n) is 9.82. The van der Waals surface area contributed by atoms with Gasteiger partial charge >= 0.3 is 0 Å². The smallest absolute Gasteiger partial charge is 0.232 e. The Morgan fingerprint density at radius 2 is 1.71 bits per heavy atom. The average molecular weight is 380 g/mol. The van der Waals surface area contributed by atoms with E-state index in [2.05, 4.69) is 10.6 Å². The molecule has 4 nitrogen and oxygen atoms in total. The molecule has 3 atom stereocenters. The van der Waals surface area contributed by atoms with Crippen molar-refractivity contribution in [2.75, 3.05) is 10.6 Å². The molecule has 0 radical (unpaired) electrons. The lowest BCUT2D eigenvalue weighted by Gasteiger charge is -2.21. The normalized spacial score (nSPS) is 21.4. The molecule has 0 aliphatic carbocycles. The lowest BCUT2D eigenvalue weighted by atomic mass is 9.81. The number of carbonyl (C=O) groups excluding carboxylic acids is 2. The minimum atomic E-state index is -0.335. The molecule has 0 aromatic heterocycles. The van der Waals surface area contributed by atoms with Crippen LogP contribution in [0.5, 0.6) is 0 Å². The van der Waals surface area contributed by atoms with Crippen LogP contribution < -0.4 is 10.6 Å². The number of hydrogen-bond donors (Lipinski definition) is 2. The van der Waals surface area contributed by atoms with E-state index in [1.807, 2.05) is 45.9 Å². The van der Waals surface area contributed by atoms with Crippen molar-refractivity contribution in [1.82, 2.24) is 0 Å². The van der Waals surface area contributed by atoms with Crippen LogP contribution in [0.25, 0.3) is 0 Å². The highest BCUT2D eigenvalue weighted by atomic mass is 19.1. The number of amides is 2. The van der Waals surface area contributed by atoms with Gasteiger partial charge in [-0.1, -0.05) is 39.0 Å². The maximum Gasteiger partial charge on any atom is 0.232 e. The first-order chi connectivity index (χ1) is 13.3. The van der Waals surface area contributed by atoms with E-state index in [1.165, 1.54) is 6.07 Å². The number of rotatable bonds is 4. The van der Waals surface area contributed by atoms with Crippen molar-refractivity contribution in [1.29, 1.82) is 0 Å².